The summed E-state index contributed by atoms with van der Waals surface area (Å²) < 4.78 is 1.46. The molecule has 1 fully saturated rings. The second kappa shape index (κ2) is 9.29. The number of aromatic nitrogens is 6. The fourth-order valence-corrected chi connectivity index (χ4v) is 3.50. The summed E-state index contributed by atoms with van der Waals surface area (Å²) in [5, 5.41) is 10.4. The molecule has 2 N–H and O–H groups in total. The Kier molecular flexibility index (Phi) is 5.88. The number of hydrogen-bond donors (Lipinski definition) is 2. The number of amides is 2. The van der Waals surface area contributed by atoms with Crippen LogP contribution in [0.5, 0.6) is 0 Å². The Labute approximate surface area is 201 Å². The van der Waals surface area contributed by atoms with Crippen molar-refractivity contribution in [2.24, 2.45) is 0 Å². The molecule has 4 aromatic heterocycles. The van der Waals surface area contributed by atoms with Crippen LogP contribution in [0.3, 0.4) is 0 Å². The Bertz CT molecular complexity index is 1370. The van der Waals surface area contributed by atoms with Crippen LogP contribution in [0.2, 0.25) is 0 Å². The molecule has 0 aliphatic heterocycles. The quantitative estimate of drug-likeness (QED) is 0.422. The van der Waals surface area contributed by atoms with Gasteiger partial charge in [0.25, 0.3) is 11.8 Å². The average molecular weight is 470 g/mol. The molecular formula is C24H23N9O2. The molecule has 4 aromatic rings. The van der Waals surface area contributed by atoms with Crippen LogP contribution in [0.25, 0.3) is 5.82 Å². The topological polar surface area (TPSA) is 131 Å². The van der Waals surface area contributed by atoms with Gasteiger partial charge in [0.2, 0.25) is 0 Å². The number of carbonyl (C=O) groups is 2. The van der Waals surface area contributed by atoms with E-state index in [2.05, 4.69) is 35.7 Å². The highest BCUT2D eigenvalue weighted by Crippen LogP contribution is 2.39. The third-order valence-electron chi connectivity index (χ3n) is 5.42. The van der Waals surface area contributed by atoms with Crippen molar-refractivity contribution in [1.29, 1.82) is 0 Å². The first-order chi connectivity index (χ1) is 17.0. The van der Waals surface area contributed by atoms with Gasteiger partial charge in [-0.3, -0.25) is 9.59 Å². The molecule has 1 saturated carbocycles. The molecule has 1 aliphatic carbocycles. The molecule has 0 spiro atoms. The highest BCUT2D eigenvalue weighted by atomic mass is 16.2. The molecular weight excluding hydrogens is 446 g/mol. The smallest absolute Gasteiger partial charge is 0.276 e. The lowest BCUT2D eigenvalue weighted by molar-refractivity contribution is 0.0822. The van der Waals surface area contributed by atoms with Gasteiger partial charge in [-0.15, -0.1) is 0 Å². The first-order valence-electron chi connectivity index (χ1n) is 11.1. The Balaban J connectivity index is 1.50. The van der Waals surface area contributed by atoms with Crippen molar-refractivity contribution in [1.82, 2.24) is 34.6 Å². The van der Waals surface area contributed by atoms with E-state index in [9.17, 15) is 9.59 Å². The molecule has 0 atom stereocenters. The van der Waals surface area contributed by atoms with E-state index in [-0.39, 0.29) is 23.0 Å². The minimum Gasteiger partial charge on any atom is -0.351 e. The molecule has 0 saturated heterocycles. The summed E-state index contributed by atoms with van der Waals surface area (Å²) >= 11 is 0. The van der Waals surface area contributed by atoms with Crippen molar-refractivity contribution in [3.63, 3.8) is 0 Å². The van der Waals surface area contributed by atoms with Crippen molar-refractivity contribution >= 4 is 28.9 Å². The van der Waals surface area contributed by atoms with Crippen LogP contribution in [-0.4, -0.2) is 60.5 Å². The van der Waals surface area contributed by atoms with Crippen LogP contribution < -0.4 is 10.6 Å². The normalized spacial score (nSPS) is 12.7. The van der Waals surface area contributed by atoms with Crippen LogP contribution in [0, 0.1) is 0 Å². The summed E-state index contributed by atoms with van der Waals surface area (Å²) in [5.41, 5.74) is 2.53. The van der Waals surface area contributed by atoms with E-state index >= 15 is 0 Å². The second-order valence-electron chi connectivity index (χ2n) is 8.34. The number of hydrogen-bond acceptors (Lipinski definition) is 8. The van der Waals surface area contributed by atoms with E-state index in [1.54, 1.807) is 51.0 Å². The number of rotatable bonds is 7. The Morgan fingerprint density at radius 2 is 1.83 bits per heavy atom. The fourth-order valence-electron chi connectivity index (χ4n) is 3.50. The lowest BCUT2D eigenvalue weighted by Crippen LogP contribution is -2.24. The molecule has 5 rings (SSSR count). The second-order valence-corrected chi connectivity index (χ2v) is 8.34. The predicted molar refractivity (Wildman–Crippen MR) is 129 cm³/mol. The van der Waals surface area contributed by atoms with Crippen molar-refractivity contribution in [2.75, 3.05) is 24.7 Å². The maximum atomic E-state index is 13.5. The van der Waals surface area contributed by atoms with Crippen molar-refractivity contribution in [2.45, 2.75) is 18.8 Å². The Hall–Kier alpha value is -4.67. The van der Waals surface area contributed by atoms with Gasteiger partial charge >= 0.3 is 0 Å². The van der Waals surface area contributed by atoms with Crippen LogP contribution in [-0.2, 0) is 0 Å². The minimum atomic E-state index is -0.472. The van der Waals surface area contributed by atoms with Gasteiger partial charge < -0.3 is 15.5 Å². The molecule has 4 heterocycles. The number of anilines is 3. The van der Waals surface area contributed by atoms with Gasteiger partial charge in [-0.25, -0.2) is 24.6 Å². The third-order valence-corrected chi connectivity index (χ3v) is 5.42. The molecule has 0 aromatic carbocycles. The maximum absolute atomic E-state index is 13.5. The molecule has 0 unspecified atom stereocenters. The highest BCUT2D eigenvalue weighted by Gasteiger charge is 2.28. The molecule has 11 heteroatoms. The van der Waals surface area contributed by atoms with Crippen LogP contribution in [0.4, 0.5) is 17.1 Å². The number of carbonyl (C=O) groups excluding carboxylic acids is 2. The van der Waals surface area contributed by atoms with Gasteiger partial charge in [0, 0.05) is 31.9 Å². The van der Waals surface area contributed by atoms with Crippen molar-refractivity contribution in [3.05, 3.63) is 78.5 Å². The zero-order valence-corrected chi connectivity index (χ0v) is 19.2. The van der Waals surface area contributed by atoms with E-state index in [1.807, 2.05) is 18.2 Å². The first kappa shape index (κ1) is 22.1. The summed E-state index contributed by atoms with van der Waals surface area (Å²) in [6.07, 6.45) is 9.93. The van der Waals surface area contributed by atoms with E-state index in [4.69, 9.17) is 0 Å². The van der Waals surface area contributed by atoms with Gasteiger partial charge in [-0.2, -0.15) is 5.10 Å². The summed E-state index contributed by atoms with van der Waals surface area (Å²) in [6, 6.07) is 9.10. The lowest BCUT2D eigenvalue weighted by Gasteiger charge is -2.13. The van der Waals surface area contributed by atoms with Gasteiger partial charge in [0.1, 0.15) is 6.33 Å². The van der Waals surface area contributed by atoms with E-state index in [0.717, 1.165) is 18.5 Å². The number of pyridine rings is 2. The van der Waals surface area contributed by atoms with Gasteiger partial charge in [-0.1, -0.05) is 6.07 Å². The monoisotopic (exact) mass is 469 g/mol. The minimum absolute atomic E-state index is 0.0957. The Morgan fingerprint density at radius 3 is 2.51 bits per heavy atom. The summed E-state index contributed by atoms with van der Waals surface area (Å²) in [7, 11) is 3.25. The fraction of sp³-hybridized carbons (Fsp3) is 0.208. The molecule has 176 valence electrons. The van der Waals surface area contributed by atoms with Crippen molar-refractivity contribution < 1.29 is 9.59 Å². The van der Waals surface area contributed by atoms with E-state index < -0.39 is 5.91 Å². The van der Waals surface area contributed by atoms with Crippen LogP contribution in [0.15, 0.2) is 61.4 Å². The largest absolute Gasteiger partial charge is 0.351 e. The van der Waals surface area contributed by atoms with Gasteiger partial charge in [0.15, 0.2) is 17.2 Å². The third kappa shape index (κ3) is 4.83. The average Bonchev–Trinajstić information content (AvgIpc) is 3.65. The number of nitrogens with zero attached hydrogens (tertiary/aromatic N) is 7. The van der Waals surface area contributed by atoms with Crippen LogP contribution in [0.1, 0.15) is 45.4 Å². The van der Waals surface area contributed by atoms with Crippen molar-refractivity contribution in [3.8, 4) is 5.82 Å². The molecule has 0 radical (unpaired) electrons. The number of nitrogens with one attached hydrogen (secondary N) is 2. The highest BCUT2D eigenvalue weighted by molar-refractivity contribution is 6.10. The lowest BCUT2D eigenvalue weighted by atomic mass is 10.2. The SMILES string of the molecule is CN(C)C(=O)c1nn(-c2ccccn2)cc1NC(=O)c1nc(C2CC2)ccc1Nc1cncnc1. The summed E-state index contributed by atoms with van der Waals surface area (Å²) in [6.45, 7) is 0. The van der Waals surface area contributed by atoms with Gasteiger partial charge in [0.05, 0.1) is 35.7 Å². The molecule has 1 aliphatic rings. The molecule has 11 nitrogen and oxygen atoms in total. The predicted octanol–water partition coefficient (Wildman–Crippen LogP) is 3.03. The first-order valence-corrected chi connectivity index (χ1v) is 11.1. The molecule has 2 amide bonds. The molecule has 0 bridgehead atoms. The van der Waals surface area contributed by atoms with E-state index in [0.29, 0.717) is 23.1 Å². The van der Waals surface area contributed by atoms with E-state index in [1.165, 1.54) is 15.9 Å². The zero-order valence-electron chi connectivity index (χ0n) is 19.2. The van der Waals surface area contributed by atoms with Crippen LogP contribution >= 0.6 is 0 Å². The van der Waals surface area contributed by atoms with Gasteiger partial charge in [-0.05, 0) is 37.1 Å². The summed E-state index contributed by atoms with van der Waals surface area (Å²) in [4.78, 5) is 44.6. The Morgan fingerprint density at radius 1 is 1.03 bits per heavy atom. The standard InChI is InChI=1S/C24H23N9O2/c1-32(2)24(35)22-19(13-33(31-22)20-5-3-4-10-27-20)30-23(34)21-18(28-16-11-25-14-26-12-16)9-8-17(29-21)15-6-7-15/h3-5,8-15,28H,6-7H2,1-2H3,(H,30,34). The molecule has 35 heavy (non-hydrogen) atoms. The zero-order chi connectivity index (χ0) is 24.4. The maximum Gasteiger partial charge on any atom is 0.276 e. The summed E-state index contributed by atoms with van der Waals surface area (Å²) in [5.74, 6) is 0.0456.